The first-order valence-electron chi connectivity index (χ1n) is 5.46. The van der Waals surface area contributed by atoms with Crippen molar-refractivity contribution in [3.8, 4) is 0 Å². The average molecular weight is 203 g/mol. The molecule has 13 heavy (non-hydrogen) atoms. The molecule has 1 N–H and O–H groups in total. The standard InChI is InChI=1S/C11H25NS/c1-5-7-12-11(9-13-4)8-10(3)6-2/h10-12H,5-9H2,1-4H3. The average Bonchev–Trinajstić information content (AvgIpc) is 2.14. The van der Waals surface area contributed by atoms with Crippen molar-refractivity contribution >= 4 is 11.8 Å². The second-order valence-corrected chi connectivity index (χ2v) is 4.77. The zero-order valence-electron chi connectivity index (χ0n) is 9.60. The molecule has 0 rings (SSSR count). The zero-order chi connectivity index (χ0) is 10.1. The molecule has 2 atom stereocenters. The van der Waals surface area contributed by atoms with E-state index in [-0.39, 0.29) is 0 Å². The van der Waals surface area contributed by atoms with E-state index in [1.807, 2.05) is 11.8 Å². The minimum Gasteiger partial charge on any atom is -0.313 e. The molecule has 0 radical (unpaired) electrons. The van der Waals surface area contributed by atoms with E-state index < -0.39 is 0 Å². The molecule has 0 bridgehead atoms. The Kier molecular flexibility index (Phi) is 9.10. The minimum absolute atomic E-state index is 0.727. The van der Waals surface area contributed by atoms with Gasteiger partial charge in [-0.2, -0.15) is 11.8 Å². The maximum absolute atomic E-state index is 3.61. The molecule has 0 aromatic rings. The molecule has 80 valence electrons. The van der Waals surface area contributed by atoms with Crippen LogP contribution in [0, 0.1) is 5.92 Å². The molecule has 0 aromatic carbocycles. The molecule has 0 amide bonds. The monoisotopic (exact) mass is 203 g/mol. The third-order valence-corrected chi connectivity index (χ3v) is 3.17. The van der Waals surface area contributed by atoms with E-state index in [0.717, 1.165) is 12.0 Å². The Bertz CT molecular complexity index is 106. The Balaban J connectivity index is 3.65. The van der Waals surface area contributed by atoms with Gasteiger partial charge in [-0.3, -0.25) is 0 Å². The zero-order valence-corrected chi connectivity index (χ0v) is 10.4. The first-order chi connectivity index (χ1) is 6.24. The molecule has 0 aliphatic carbocycles. The van der Waals surface area contributed by atoms with Crippen LogP contribution in [0.5, 0.6) is 0 Å². The number of nitrogens with one attached hydrogen (secondary N) is 1. The Hall–Kier alpha value is 0.310. The molecule has 0 saturated heterocycles. The Morgan fingerprint density at radius 3 is 2.46 bits per heavy atom. The van der Waals surface area contributed by atoms with Crippen LogP contribution in [-0.4, -0.2) is 24.6 Å². The highest BCUT2D eigenvalue weighted by Gasteiger charge is 2.10. The largest absolute Gasteiger partial charge is 0.313 e. The quantitative estimate of drug-likeness (QED) is 0.650. The lowest BCUT2D eigenvalue weighted by molar-refractivity contribution is 0.417. The highest BCUT2D eigenvalue weighted by Crippen LogP contribution is 2.12. The summed E-state index contributed by atoms with van der Waals surface area (Å²) in [5.41, 5.74) is 0. The van der Waals surface area contributed by atoms with Crippen LogP contribution in [0.25, 0.3) is 0 Å². The molecule has 0 aliphatic heterocycles. The summed E-state index contributed by atoms with van der Waals surface area (Å²) in [6.07, 6.45) is 6.07. The summed E-state index contributed by atoms with van der Waals surface area (Å²) in [7, 11) is 0. The first kappa shape index (κ1) is 13.3. The summed E-state index contributed by atoms with van der Waals surface area (Å²) < 4.78 is 0. The van der Waals surface area contributed by atoms with Crippen LogP contribution >= 0.6 is 11.8 Å². The lowest BCUT2D eigenvalue weighted by Crippen LogP contribution is -2.33. The maximum Gasteiger partial charge on any atom is 0.0160 e. The Morgan fingerprint density at radius 2 is 2.00 bits per heavy atom. The Morgan fingerprint density at radius 1 is 1.31 bits per heavy atom. The molecule has 2 unspecified atom stereocenters. The molecular formula is C11H25NS. The predicted molar refractivity (Wildman–Crippen MR) is 64.5 cm³/mol. The second kappa shape index (κ2) is 8.89. The van der Waals surface area contributed by atoms with E-state index in [9.17, 15) is 0 Å². The van der Waals surface area contributed by atoms with Crippen molar-refractivity contribution in [1.29, 1.82) is 0 Å². The van der Waals surface area contributed by atoms with Crippen molar-refractivity contribution in [2.24, 2.45) is 5.92 Å². The van der Waals surface area contributed by atoms with Gasteiger partial charge >= 0.3 is 0 Å². The summed E-state index contributed by atoms with van der Waals surface area (Å²) in [5, 5.41) is 3.61. The van der Waals surface area contributed by atoms with Gasteiger partial charge < -0.3 is 5.32 Å². The van der Waals surface area contributed by atoms with Crippen molar-refractivity contribution in [2.45, 2.75) is 46.1 Å². The fraction of sp³-hybridized carbons (Fsp3) is 1.00. The van der Waals surface area contributed by atoms with Gasteiger partial charge in [-0.05, 0) is 31.6 Å². The van der Waals surface area contributed by atoms with Crippen LogP contribution in [0.2, 0.25) is 0 Å². The van der Waals surface area contributed by atoms with E-state index in [1.54, 1.807) is 0 Å². The predicted octanol–water partition coefficient (Wildman–Crippen LogP) is 3.15. The van der Waals surface area contributed by atoms with Crippen LogP contribution in [0.3, 0.4) is 0 Å². The van der Waals surface area contributed by atoms with Crippen molar-refractivity contribution in [2.75, 3.05) is 18.6 Å². The van der Waals surface area contributed by atoms with E-state index in [1.165, 1.54) is 31.6 Å². The van der Waals surface area contributed by atoms with Gasteiger partial charge in [-0.15, -0.1) is 0 Å². The molecule has 0 aromatic heterocycles. The fourth-order valence-corrected chi connectivity index (χ4v) is 2.07. The summed E-state index contributed by atoms with van der Waals surface area (Å²) in [6.45, 7) is 8.02. The van der Waals surface area contributed by atoms with Crippen LogP contribution in [0.1, 0.15) is 40.0 Å². The van der Waals surface area contributed by atoms with Crippen LogP contribution < -0.4 is 5.32 Å². The van der Waals surface area contributed by atoms with Gasteiger partial charge in [0.05, 0.1) is 0 Å². The van der Waals surface area contributed by atoms with Crippen molar-refractivity contribution < 1.29 is 0 Å². The highest BCUT2D eigenvalue weighted by molar-refractivity contribution is 7.98. The van der Waals surface area contributed by atoms with Crippen molar-refractivity contribution in [3.05, 3.63) is 0 Å². The molecule has 0 aliphatic rings. The molecule has 2 heteroatoms. The summed E-state index contributed by atoms with van der Waals surface area (Å²) in [4.78, 5) is 0. The lowest BCUT2D eigenvalue weighted by Gasteiger charge is -2.20. The fourth-order valence-electron chi connectivity index (χ4n) is 1.41. The van der Waals surface area contributed by atoms with Gasteiger partial charge in [0.1, 0.15) is 0 Å². The van der Waals surface area contributed by atoms with Gasteiger partial charge in [0, 0.05) is 11.8 Å². The van der Waals surface area contributed by atoms with Crippen molar-refractivity contribution in [1.82, 2.24) is 5.32 Å². The van der Waals surface area contributed by atoms with Crippen LogP contribution in [0.15, 0.2) is 0 Å². The van der Waals surface area contributed by atoms with Crippen LogP contribution in [0.4, 0.5) is 0 Å². The molecule has 0 fully saturated rings. The topological polar surface area (TPSA) is 12.0 Å². The first-order valence-corrected chi connectivity index (χ1v) is 6.86. The Labute approximate surface area is 88.1 Å². The van der Waals surface area contributed by atoms with E-state index >= 15 is 0 Å². The SMILES string of the molecule is CCCNC(CSC)CC(C)CC. The summed E-state index contributed by atoms with van der Waals surface area (Å²) in [6, 6.07) is 0.727. The lowest BCUT2D eigenvalue weighted by atomic mass is 10.0. The normalized spacial score (nSPS) is 15.7. The van der Waals surface area contributed by atoms with Crippen molar-refractivity contribution in [3.63, 3.8) is 0 Å². The third-order valence-electron chi connectivity index (χ3n) is 2.43. The third kappa shape index (κ3) is 7.39. The minimum atomic E-state index is 0.727. The molecule has 0 spiro atoms. The summed E-state index contributed by atoms with van der Waals surface area (Å²) in [5.74, 6) is 2.12. The molecule has 0 heterocycles. The van der Waals surface area contributed by atoms with Gasteiger partial charge in [0.15, 0.2) is 0 Å². The van der Waals surface area contributed by atoms with Gasteiger partial charge in [-0.25, -0.2) is 0 Å². The van der Waals surface area contributed by atoms with E-state index in [2.05, 4.69) is 32.3 Å². The van der Waals surface area contributed by atoms with Gasteiger partial charge in [0.2, 0.25) is 0 Å². The number of rotatable bonds is 8. The maximum atomic E-state index is 3.61. The van der Waals surface area contributed by atoms with Crippen LogP contribution in [-0.2, 0) is 0 Å². The smallest absolute Gasteiger partial charge is 0.0160 e. The van der Waals surface area contributed by atoms with Gasteiger partial charge in [0.25, 0.3) is 0 Å². The van der Waals surface area contributed by atoms with E-state index in [0.29, 0.717) is 0 Å². The second-order valence-electron chi connectivity index (χ2n) is 3.86. The number of hydrogen-bond donors (Lipinski definition) is 1. The van der Waals surface area contributed by atoms with E-state index in [4.69, 9.17) is 0 Å². The molecule has 0 saturated carbocycles. The molecule has 1 nitrogen and oxygen atoms in total. The summed E-state index contributed by atoms with van der Waals surface area (Å²) >= 11 is 1.95. The molecular weight excluding hydrogens is 178 g/mol. The number of thioether (sulfide) groups is 1. The number of hydrogen-bond acceptors (Lipinski definition) is 2. The van der Waals surface area contributed by atoms with Gasteiger partial charge in [-0.1, -0.05) is 27.2 Å². The highest BCUT2D eigenvalue weighted by atomic mass is 32.2.